The molecule has 0 bridgehead atoms. The number of para-hydroxylation sites is 2. The Hall–Kier alpha value is -2.30. The molecule has 2 aromatic heterocycles. The Morgan fingerprint density at radius 2 is 2.17 bits per heavy atom. The van der Waals surface area contributed by atoms with E-state index in [9.17, 15) is 0 Å². The van der Waals surface area contributed by atoms with Crippen LogP contribution in [0.2, 0.25) is 0 Å². The van der Waals surface area contributed by atoms with Crippen molar-refractivity contribution in [3.63, 3.8) is 0 Å². The predicted molar refractivity (Wildman–Crippen MR) is 69.3 cm³/mol. The highest BCUT2D eigenvalue weighted by Crippen LogP contribution is 2.17. The van der Waals surface area contributed by atoms with E-state index in [0.717, 1.165) is 30.6 Å². The van der Waals surface area contributed by atoms with Gasteiger partial charge in [-0.3, -0.25) is 4.68 Å². The summed E-state index contributed by atoms with van der Waals surface area (Å²) in [6.45, 7) is 1.70. The summed E-state index contributed by atoms with van der Waals surface area (Å²) in [4.78, 5) is 4.35. The van der Waals surface area contributed by atoms with Gasteiger partial charge in [0.15, 0.2) is 5.58 Å². The summed E-state index contributed by atoms with van der Waals surface area (Å²) in [5.41, 5.74) is 1.69. The van der Waals surface area contributed by atoms with Gasteiger partial charge < -0.3 is 9.73 Å². The Balaban J connectivity index is 1.53. The summed E-state index contributed by atoms with van der Waals surface area (Å²) in [5, 5.41) is 7.32. The molecule has 1 aromatic carbocycles. The van der Waals surface area contributed by atoms with Crippen molar-refractivity contribution in [2.24, 2.45) is 0 Å². The van der Waals surface area contributed by atoms with E-state index < -0.39 is 0 Å². The van der Waals surface area contributed by atoms with Crippen LogP contribution in [0.4, 0.5) is 6.01 Å². The highest BCUT2D eigenvalue weighted by Gasteiger charge is 2.03. The molecule has 0 saturated carbocycles. The zero-order chi connectivity index (χ0) is 12.2. The average Bonchev–Trinajstić information content (AvgIpc) is 3.03. The zero-order valence-electron chi connectivity index (χ0n) is 9.91. The lowest BCUT2D eigenvalue weighted by molar-refractivity contribution is 0.576. The van der Waals surface area contributed by atoms with Crippen LogP contribution in [-0.2, 0) is 6.54 Å². The third kappa shape index (κ3) is 2.34. The van der Waals surface area contributed by atoms with Crippen molar-refractivity contribution in [1.82, 2.24) is 14.8 Å². The number of aryl methyl sites for hydroxylation is 1. The van der Waals surface area contributed by atoms with E-state index in [1.165, 1.54) is 0 Å². The summed E-state index contributed by atoms with van der Waals surface area (Å²) >= 11 is 0. The van der Waals surface area contributed by atoms with E-state index in [0.29, 0.717) is 6.01 Å². The molecular weight excluding hydrogens is 228 g/mol. The number of nitrogens with one attached hydrogen (secondary N) is 1. The molecule has 92 valence electrons. The molecule has 5 heteroatoms. The van der Waals surface area contributed by atoms with Gasteiger partial charge in [-0.25, -0.2) is 0 Å². The number of fused-ring (bicyclic) bond motifs is 1. The zero-order valence-corrected chi connectivity index (χ0v) is 9.91. The number of rotatable bonds is 5. The molecule has 3 rings (SSSR count). The summed E-state index contributed by atoms with van der Waals surface area (Å²) < 4.78 is 7.47. The Bertz CT molecular complexity index is 582. The maximum atomic E-state index is 5.56. The number of nitrogens with zero attached hydrogens (tertiary/aromatic N) is 3. The summed E-state index contributed by atoms with van der Waals surface area (Å²) in [6.07, 6.45) is 4.72. The molecule has 0 aliphatic carbocycles. The lowest BCUT2D eigenvalue weighted by atomic mass is 10.3. The van der Waals surface area contributed by atoms with Gasteiger partial charge in [0.25, 0.3) is 6.01 Å². The molecule has 0 radical (unpaired) electrons. The Morgan fingerprint density at radius 1 is 1.22 bits per heavy atom. The fourth-order valence-electron chi connectivity index (χ4n) is 1.82. The van der Waals surface area contributed by atoms with E-state index >= 15 is 0 Å². The smallest absolute Gasteiger partial charge is 0.295 e. The molecule has 18 heavy (non-hydrogen) atoms. The topological polar surface area (TPSA) is 55.9 Å². The second-order valence-electron chi connectivity index (χ2n) is 4.04. The van der Waals surface area contributed by atoms with Gasteiger partial charge in [0.2, 0.25) is 0 Å². The van der Waals surface area contributed by atoms with Crippen molar-refractivity contribution in [2.75, 3.05) is 11.9 Å². The number of hydrogen-bond acceptors (Lipinski definition) is 4. The first-order valence-electron chi connectivity index (χ1n) is 5.99. The standard InChI is InChI=1S/C13H14N4O/c1-2-6-12-11(5-1)16-13(18-12)14-7-3-9-17-10-4-8-15-17/h1-2,4-6,8,10H,3,7,9H2,(H,14,16). The molecule has 3 aromatic rings. The first-order valence-corrected chi connectivity index (χ1v) is 5.99. The van der Waals surface area contributed by atoms with Crippen molar-refractivity contribution in [1.29, 1.82) is 0 Å². The lowest BCUT2D eigenvalue weighted by Crippen LogP contribution is -2.07. The van der Waals surface area contributed by atoms with Gasteiger partial charge in [-0.05, 0) is 24.6 Å². The minimum absolute atomic E-state index is 0.580. The maximum Gasteiger partial charge on any atom is 0.295 e. The molecule has 5 nitrogen and oxygen atoms in total. The number of aromatic nitrogens is 3. The normalized spacial score (nSPS) is 10.9. The van der Waals surface area contributed by atoms with E-state index in [2.05, 4.69) is 15.4 Å². The summed E-state index contributed by atoms with van der Waals surface area (Å²) in [6, 6.07) is 10.2. The van der Waals surface area contributed by atoms with E-state index in [1.807, 2.05) is 41.2 Å². The number of hydrogen-bond donors (Lipinski definition) is 1. The van der Waals surface area contributed by atoms with Crippen LogP contribution in [0.5, 0.6) is 0 Å². The molecule has 1 N–H and O–H groups in total. The summed E-state index contributed by atoms with van der Waals surface area (Å²) in [5.74, 6) is 0. The minimum atomic E-state index is 0.580. The molecule has 0 unspecified atom stereocenters. The first-order chi connectivity index (χ1) is 8.92. The van der Waals surface area contributed by atoms with Crippen molar-refractivity contribution in [3.05, 3.63) is 42.7 Å². The number of benzene rings is 1. The fraction of sp³-hybridized carbons (Fsp3) is 0.231. The van der Waals surface area contributed by atoms with Crippen LogP contribution < -0.4 is 5.32 Å². The van der Waals surface area contributed by atoms with Crippen molar-refractivity contribution in [3.8, 4) is 0 Å². The van der Waals surface area contributed by atoms with Crippen LogP contribution in [0.1, 0.15) is 6.42 Å². The molecule has 0 spiro atoms. The minimum Gasteiger partial charge on any atom is -0.424 e. The van der Waals surface area contributed by atoms with Gasteiger partial charge in [0.05, 0.1) is 0 Å². The Kier molecular flexibility index (Phi) is 2.96. The van der Waals surface area contributed by atoms with Gasteiger partial charge >= 0.3 is 0 Å². The molecule has 0 saturated heterocycles. The van der Waals surface area contributed by atoms with E-state index in [4.69, 9.17) is 4.42 Å². The Morgan fingerprint density at radius 3 is 3.00 bits per heavy atom. The van der Waals surface area contributed by atoms with Crippen molar-refractivity contribution < 1.29 is 4.42 Å². The molecule has 0 amide bonds. The molecular formula is C13H14N4O. The lowest BCUT2D eigenvalue weighted by Gasteiger charge is -2.01. The maximum absolute atomic E-state index is 5.56. The second kappa shape index (κ2) is 4.91. The average molecular weight is 242 g/mol. The first kappa shape index (κ1) is 10.8. The largest absolute Gasteiger partial charge is 0.424 e. The van der Waals surface area contributed by atoms with Gasteiger partial charge in [-0.1, -0.05) is 12.1 Å². The van der Waals surface area contributed by atoms with Gasteiger partial charge in [-0.15, -0.1) is 0 Å². The monoisotopic (exact) mass is 242 g/mol. The highest BCUT2D eigenvalue weighted by atomic mass is 16.4. The Labute approximate surface area is 104 Å². The molecule has 0 atom stereocenters. The van der Waals surface area contributed by atoms with Gasteiger partial charge in [0, 0.05) is 25.5 Å². The fourth-order valence-corrected chi connectivity index (χ4v) is 1.82. The van der Waals surface area contributed by atoms with Crippen LogP contribution >= 0.6 is 0 Å². The third-order valence-corrected chi connectivity index (χ3v) is 2.69. The molecule has 0 fully saturated rings. The van der Waals surface area contributed by atoms with E-state index in [1.54, 1.807) is 6.20 Å². The molecule has 2 heterocycles. The number of anilines is 1. The third-order valence-electron chi connectivity index (χ3n) is 2.69. The quantitative estimate of drug-likeness (QED) is 0.698. The molecule has 0 aliphatic heterocycles. The summed E-state index contributed by atoms with van der Waals surface area (Å²) in [7, 11) is 0. The van der Waals surface area contributed by atoms with Crippen molar-refractivity contribution in [2.45, 2.75) is 13.0 Å². The SMILES string of the molecule is c1ccc2oc(NCCCn3cccn3)nc2c1. The highest BCUT2D eigenvalue weighted by molar-refractivity contribution is 5.74. The van der Waals surface area contributed by atoms with Crippen LogP contribution in [-0.4, -0.2) is 21.3 Å². The van der Waals surface area contributed by atoms with Crippen LogP contribution in [0, 0.1) is 0 Å². The van der Waals surface area contributed by atoms with Crippen LogP contribution in [0.25, 0.3) is 11.1 Å². The van der Waals surface area contributed by atoms with Gasteiger partial charge in [-0.2, -0.15) is 10.1 Å². The second-order valence-corrected chi connectivity index (χ2v) is 4.04. The van der Waals surface area contributed by atoms with Crippen LogP contribution in [0.15, 0.2) is 47.1 Å². The molecule has 0 aliphatic rings. The van der Waals surface area contributed by atoms with Gasteiger partial charge in [0.1, 0.15) is 5.52 Å². The van der Waals surface area contributed by atoms with E-state index in [-0.39, 0.29) is 0 Å². The predicted octanol–water partition coefficient (Wildman–Crippen LogP) is 2.53. The van der Waals surface area contributed by atoms with Crippen molar-refractivity contribution >= 4 is 17.1 Å². The number of oxazole rings is 1. The van der Waals surface area contributed by atoms with Crippen LogP contribution in [0.3, 0.4) is 0 Å².